The molecular weight excluding hydrogens is 428 g/mol. The number of likely N-dealkylation sites (tertiary alicyclic amines) is 1. The van der Waals surface area contributed by atoms with Crippen LogP contribution in [0.25, 0.3) is 0 Å². The summed E-state index contributed by atoms with van der Waals surface area (Å²) in [7, 11) is 0. The van der Waals surface area contributed by atoms with E-state index in [-0.39, 0.29) is 30.3 Å². The van der Waals surface area contributed by atoms with Gasteiger partial charge in [-0.3, -0.25) is 19.3 Å². The predicted molar refractivity (Wildman–Crippen MR) is 133 cm³/mol. The fraction of sp³-hybridized carbons (Fsp3) is 0.444. The Balaban J connectivity index is 1.45. The van der Waals surface area contributed by atoms with Crippen molar-refractivity contribution in [1.29, 1.82) is 0 Å². The molecule has 2 aromatic rings. The van der Waals surface area contributed by atoms with Crippen molar-refractivity contribution in [2.24, 2.45) is 0 Å². The molecule has 2 aromatic carbocycles. The van der Waals surface area contributed by atoms with E-state index in [4.69, 9.17) is 0 Å². The van der Waals surface area contributed by atoms with Gasteiger partial charge in [0.25, 0.3) is 5.91 Å². The van der Waals surface area contributed by atoms with Gasteiger partial charge in [-0.2, -0.15) is 0 Å². The zero-order valence-electron chi connectivity index (χ0n) is 20.0. The summed E-state index contributed by atoms with van der Waals surface area (Å²) in [4.78, 5) is 45.2. The van der Waals surface area contributed by atoms with Crippen molar-refractivity contribution in [2.75, 3.05) is 41.3 Å². The van der Waals surface area contributed by atoms with Gasteiger partial charge in [-0.1, -0.05) is 6.07 Å². The topological polar surface area (TPSA) is 73.0 Å². The third-order valence-corrected chi connectivity index (χ3v) is 7.36. The number of benzene rings is 2. The van der Waals surface area contributed by atoms with E-state index in [1.54, 1.807) is 4.90 Å². The van der Waals surface area contributed by atoms with E-state index in [1.165, 1.54) is 0 Å². The van der Waals surface area contributed by atoms with Gasteiger partial charge in [-0.15, -0.1) is 0 Å². The number of nitrogens with zero attached hydrogens (tertiary/aromatic N) is 3. The van der Waals surface area contributed by atoms with Crippen molar-refractivity contribution in [3.63, 3.8) is 0 Å². The number of hydrogen-bond donors (Lipinski definition) is 1. The van der Waals surface area contributed by atoms with Gasteiger partial charge < -0.3 is 15.1 Å². The van der Waals surface area contributed by atoms with Crippen LogP contribution >= 0.6 is 0 Å². The van der Waals surface area contributed by atoms with E-state index in [0.717, 1.165) is 74.2 Å². The highest BCUT2D eigenvalue weighted by Gasteiger charge is 2.40. The Morgan fingerprint density at radius 1 is 0.912 bits per heavy atom. The van der Waals surface area contributed by atoms with E-state index < -0.39 is 0 Å². The summed E-state index contributed by atoms with van der Waals surface area (Å²) in [5, 5.41) is 2.94. The Kier molecular flexibility index (Phi) is 6.02. The normalized spacial score (nSPS) is 19.6. The first-order valence-electron chi connectivity index (χ1n) is 12.3. The van der Waals surface area contributed by atoms with Gasteiger partial charge in [0, 0.05) is 30.9 Å². The minimum atomic E-state index is -0.254. The van der Waals surface area contributed by atoms with Crippen LogP contribution in [-0.2, 0) is 9.59 Å². The minimum Gasteiger partial charge on any atom is -0.358 e. The van der Waals surface area contributed by atoms with Crippen LogP contribution in [0.4, 0.5) is 17.1 Å². The van der Waals surface area contributed by atoms with E-state index in [0.29, 0.717) is 11.3 Å². The van der Waals surface area contributed by atoms with Crippen molar-refractivity contribution in [1.82, 2.24) is 4.90 Å². The number of aryl methyl sites for hydroxylation is 2. The average molecular weight is 461 g/mol. The van der Waals surface area contributed by atoms with Crippen molar-refractivity contribution in [3.8, 4) is 0 Å². The van der Waals surface area contributed by atoms with E-state index in [9.17, 15) is 14.4 Å². The smallest absolute Gasteiger partial charge is 0.253 e. The lowest BCUT2D eigenvalue weighted by Gasteiger charge is -2.45. The molecule has 1 atom stereocenters. The maximum Gasteiger partial charge on any atom is 0.253 e. The molecule has 7 nitrogen and oxygen atoms in total. The van der Waals surface area contributed by atoms with E-state index in [2.05, 4.69) is 10.2 Å². The van der Waals surface area contributed by atoms with Gasteiger partial charge >= 0.3 is 0 Å². The molecule has 2 saturated heterocycles. The Bertz CT molecular complexity index is 1140. The number of anilines is 3. The summed E-state index contributed by atoms with van der Waals surface area (Å²) in [6.45, 7) is 6.30. The zero-order valence-corrected chi connectivity index (χ0v) is 20.0. The molecule has 0 saturated carbocycles. The van der Waals surface area contributed by atoms with Gasteiger partial charge in [-0.25, -0.2) is 0 Å². The number of carbonyl (C=O) groups is 3. The van der Waals surface area contributed by atoms with Gasteiger partial charge in [0.2, 0.25) is 11.8 Å². The van der Waals surface area contributed by atoms with Crippen LogP contribution in [0, 0.1) is 13.8 Å². The molecule has 3 aliphatic rings. The minimum absolute atomic E-state index is 0.00644. The monoisotopic (exact) mass is 460 g/mol. The van der Waals surface area contributed by atoms with Crippen molar-refractivity contribution in [2.45, 2.75) is 52.0 Å². The van der Waals surface area contributed by atoms with Crippen LogP contribution in [-0.4, -0.2) is 54.8 Å². The largest absolute Gasteiger partial charge is 0.358 e. The quantitative estimate of drug-likeness (QED) is 0.752. The number of piperidine rings is 1. The standard InChI is InChI=1S/C27H32N4O3/c1-18-8-10-21(15-19(18)2)28-25(32)17-31-24-16-20(26(33)29-12-5-6-13-29)9-11-22(24)30-14-4-3-7-23(30)27(31)34/h8-11,15-16,23H,3-7,12-14,17H2,1-2H3,(H,28,32). The van der Waals surface area contributed by atoms with Crippen LogP contribution in [0.3, 0.4) is 0 Å². The summed E-state index contributed by atoms with van der Waals surface area (Å²) in [5.74, 6) is -0.315. The van der Waals surface area contributed by atoms with Crippen LogP contribution in [0.15, 0.2) is 36.4 Å². The molecule has 3 amide bonds. The third kappa shape index (κ3) is 4.15. The maximum absolute atomic E-state index is 13.6. The second kappa shape index (κ2) is 9.12. The Morgan fingerprint density at radius 2 is 1.68 bits per heavy atom. The van der Waals surface area contributed by atoms with E-state index in [1.807, 2.05) is 55.1 Å². The number of rotatable bonds is 4. The van der Waals surface area contributed by atoms with Gasteiger partial charge in [0.15, 0.2) is 0 Å². The van der Waals surface area contributed by atoms with E-state index >= 15 is 0 Å². The average Bonchev–Trinajstić information content (AvgIpc) is 3.38. The molecule has 0 spiro atoms. The lowest BCUT2D eigenvalue weighted by atomic mass is 9.95. The van der Waals surface area contributed by atoms with Crippen molar-refractivity contribution >= 4 is 34.8 Å². The molecule has 0 aliphatic carbocycles. The first-order chi connectivity index (χ1) is 16.4. The molecule has 2 fully saturated rings. The summed E-state index contributed by atoms with van der Waals surface area (Å²) in [6.07, 6.45) is 4.86. The molecule has 1 N–H and O–H groups in total. The number of carbonyl (C=O) groups excluding carboxylic acids is 3. The highest BCUT2D eigenvalue weighted by molar-refractivity contribution is 6.11. The van der Waals surface area contributed by atoms with Crippen LogP contribution in [0.5, 0.6) is 0 Å². The molecular formula is C27H32N4O3. The molecule has 178 valence electrons. The number of amides is 3. The van der Waals surface area contributed by atoms with Crippen LogP contribution in [0.1, 0.15) is 53.6 Å². The lowest BCUT2D eigenvalue weighted by Crippen LogP contribution is -2.56. The van der Waals surface area contributed by atoms with Gasteiger partial charge in [0.05, 0.1) is 11.4 Å². The molecule has 0 aromatic heterocycles. The number of hydrogen-bond acceptors (Lipinski definition) is 4. The Morgan fingerprint density at radius 3 is 2.44 bits per heavy atom. The molecule has 0 bridgehead atoms. The SMILES string of the molecule is Cc1ccc(NC(=O)CN2C(=O)C3CCCCN3c3ccc(C(=O)N4CCCC4)cc32)cc1C. The zero-order chi connectivity index (χ0) is 23.8. The second-order valence-electron chi connectivity index (χ2n) is 9.68. The fourth-order valence-corrected chi connectivity index (χ4v) is 5.32. The third-order valence-electron chi connectivity index (χ3n) is 7.36. The first kappa shape index (κ1) is 22.4. The summed E-state index contributed by atoms with van der Waals surface area (Å²) in [5.41, 5.74) is 5.13. The maximum atomic E-state index is 13.6. The summed E-state index contributed by atoms with van der Waals surface area (Å²) < 4.78 is 0. The van der Waals surface area contributed by atoms with Gasteiger partial charge in [0.1, 0.15) is 12.6 Å². The number of fused-ring (bicyclic) bond motifs is 3. The Hall–Kier alpha value is -3.35. The van der Waals surface area contributed by atoms with Crippen LogP contribution in [0.2, 0.25) is 0 Å². The van der Waals surface area contributed by atoms with Crippen LogP contribution < -0.4 is 15.1 Å². The second-order valence-corrected chi connectivity index (χ2v) is 9.68. The Labute approximate surface area is 200 Å². The molecule has 0 radical (unpaired) electrons. The van der Waals surface area contributed by atoms with Crippen molar-refractivity contribution < 1.29 is 14.4 Å². The van der Waals surface area contributed by atoms with Crippen molar-refractivity contribution in [3.05, 3.63) is 53.1 Å². The lowest BCUT2D eigenvalue weighted by molar-refractivity contribution is -0.123. The molecule has 34 heavy (non-hydrogen) atoms. The molecule has 5 rings (SSSR count). The molecule has 3 aliphatic heterocycles. The predicted octanol–water partition coefficient (Wildman–Crippen LogP) is 3.88. The number of nitrogens with one attached hydrogen (secondary N) is 1. The highest BCUT2D eigenvalue weighted by atomic mass is 16.2. The first-order valence-corrected chi connectivity index (χ1v) is 12.3. The molecule has 1 unspecified atom stereocenters. The molecule has 3 heterocycles. The van der Waals surface area contributed by atoms with Gasteiger partial charge in [-0.05, 0) is 87.4 Å². The summed E-state index contributed by atoms with van der Waals surface area (Å²) in [6, 6.07) is 11.2. The highest BCUT2D eigenvalue weighted by Crippen LogP contribution is 2.40. The molecule has 7 heteroatoms. The summed E-state index contributed by atoms with van der Waals surface area (Å²) >= 11 is 0. The fourth-order valence-electron chi connectivity index (χ4n) is 5.32.